The van der Waals surface area contributed by atoms with Crippen molar-refractivity contribution in [1.82, 2.24) is 24.3 Å². The number of halogens is 1. The minimum atomic E-state index is -0.0423. The van der Waals surface area contributed by atoms with Gasteiger partial charge in [0.05, 0.1) is 10.7 Å². The number of likely N-dealkylation sites (tertiary alicyclic amines) is 1. The second-order valence-electron chi connectivity index (χ2n) is 7.64. The van der Waals surface area contributed by atoms with Gasteiger partial charge in [-0.25, -0.2) is 15.0 Å². The zero-order chi connectivity index (χ0) is 18.6. The third kappa shape index (κ3) is 2.70. The summed E-state index contributed by atoms with van der Waals surface area (Å²) in [5, 5.41) is 0.619. The quantitative estimate of drug-likeness (QED) is 0.649. The van der Waals surface area contributed by atoms with Gasteiger partial charge in [-0.1, -0.05) is 11.6 Å². The van der Waals surface area contributed by atoms with E-state index < -0.39 is 0 Å². The Balaban J connectivity index is 1.46. The Morgan fingerprint density at radius 1 is 1.22 bits per heavy atom. The first-order valence-electron chi connectivity index (χ1n) is 9.31. The van der Waals surface area contributed by atoms with Crippen LogP contribution < -0.4 is 0 Å². The van der Waals surface area contributed by atoms with Crippen molar-refractivity contribution in [3.05, 3.63) is 58.5 Å². The fourth-order valence-electron chi connectivity index (χ4n) is 4.56. The number of imidazole rings is 1. The van der Waals surface area contributed by atoms with Crippen LogP contribution in [-0.4, -0.2) is 43.2 Å². The van der Waals surface area contributed by atoms with Crippen molar-refractivity contribution in [1.29, 1.82) is 0 Å². The number of aromatic nitrogens is 4. The molecule has 0 bridgehead atoms. The summed E-state index contributed by atoms with van der Waals surface area (Å²) in [6.45, 7) is 3.39. The van der Waals surface area contributed by atoms with E-state index in [1.54, 1.807) is 22.9 Å². The lowest BCUT2D eigenvalue weighted by atomic mass is 9.77. The second-order valence-corrected chi connectivity index (χ2v) is 8.08. The van der Waals surface area contributed by atoms with Crippen molar-refractivity contribution in [3.8, 4) is 0 Å². The predicted molar refractivity (Wildman–Crippen MR) is 102 cm³/mol. The first-order valence-corrected chi connectivity index (χ1v) is 9.68. The lowest BCUT2D eigenvalue weighted by Crippen LogP contribution is -2.48. The number of amides is 1. The Bertz CT molecular complexity index is 1060. The van der Waals surface area contributed by atoms with Gasteiger partial charge in [-0.15, -0.1) is 0 Å². The van der Waals surface area contributed by atoms with Crippen LogP contribution >= 0.6 is 11.6 Å². The molecule has 138 valence electrons. The summed E-state index contributed by atoms with van der Waals surface area (Å²) in [7, 11) is 0. The predicted octanol–water partition coefficient (Wildman–Crippen LogP) is 3.21. The lowest BCUT2D eigenvalue weighted by Gasteiger charge is -2.40. The third-order valence-corrected chi connectivity index (χ3v) is 6.08. The fourth-order valence-corrected chi connectivity index (χ4v) is 4.73. The van der Waals surface area contributed by atoms with E-state index in [4.69, 9.17) is 16.6 Å². The summed E-state index contributed by atoms with van der Waals surface area (Å²) in [5.74, 6) is 0.781. The molecule has 1 aliphatic heterocycles. The number of pyridine rings is 1. The largest absolute Gasteiger partial charge is 0.336 e. The molecule has 0 aromatic carbocycles. The molecule has 0 radical (unpaired) electrons. The molecule has 1 fully saturated rings. The molecule has 27 heavy (non-hydrogen) atoms. The first kappa shape index (κ1) is 16.7. The van der Waals surface area contributed by atoms with Gasteiger partial charge < -0.3 is 9.30 Å². The smallest absolute Gasteiger partial charge is 0.274 e. The molecule has 6 nitrogen and oxygen atoms in total. The summed E-state index contributed by atoms with van der Waals surface area (Å²) in [4.78, 5) is 28.7. The van der Waals surface area contributed by atoms with E-state index in [1.807, 2.05) is 24.1 Å². The van der Waals surface area contributed by atoms with Crippen LogP contribution in [0.2, 0.25) is 5.02 Å². The van der Waals surface area contributed by atoms with Crippen molar-refractivity contribution in [2.45, 2.75) is 38.0 Å². The molecule has 0 N–H and O–H groups in total. The molecule has 1 aliphatic carbocycles. The molecular weight excluding hydrogens is 362 g/mol. The number of hydrogen-bond donors (Lipinski definition) is 0. The zero-order valence-corrected chi connectivity index (χ0v) is 15.9. The Kier molecular flexibility index (Phi) is 3.72. The Morgan fingerprint density at radius 2 is 2.11 bits per heavy atom. The number of nitrogens with zero attached hydrogens (tertiary/aromatic N) is 5. The average molecular weight is 382 g/mol. The second kappa shape index (κ2) is 6.02. The highest BCUT2D eigenvalue weighted by Gasteiger charge is 2.44. The van der Waals surface area contributed by atoms with Gasteiger partial charge in [0.1, 0.15) is 17.2 Å². The molecule has 4 heterocycles. The standard InChI is InChI=1S/C20H20ClN5O/c1-13-22-9-14-5-7-20(18(14)23-13)6-2-8-25(12-20)19(27)16-11-26-10-15(21)3-4-17(26)24-16/h3-4,9-11H,2,5-8,12H2,1H3. The number of aryl methyl sites for hydroxylation is 2. The van der Waals surface area contributed by atoms with E-state index in [1.165, 1.54) is 5.56 Å². The van der Waals surface area contributed by atoms with Crippen LogP contribution in [0.1, 0.15) is 46.8 Å². The number of piperidine rings is 1. The summed E-state index contributed by atoms with van der Waals surface area (Å²) < 4.78 is 1.80. The molecule has 2 aliphatic rings. The van der Waals surface area contributed by atoms with Crippen LogP contribution in [0.25, 0.3) is 5.65 Å². The molecule has 0 saturated carbocycles. The van der Waals surface area contributed by atoms with Crippen molar-refractivity contribution < 1.29 is 4.79 Å². The monoisotopic (exact) mass is 381 g/mol. The highest BCUT2D eigenvalue weighted by Crippen LogP contribution is 2.44. The molecule has 3 aromatic rings. The van der Waals surface area contributed by atoms with E-state index in [9.17, 15) is 4.79 Å². The maximum atomic E-state index is 13.2. The van der Waals surface area contributed by atoms with Crippen LogP contribution in [0.5, 0.6) is 0 Å². The average Bonchev–Trinajstić information content (AvgIpc) is 3.23. The molecule has 1 spiro atoms. The van der Waals surface area contributed by atoms with Crippen LogP contribution in [-0.2, 0) is 11.8 Å². The number of fused-ring (bicyclic) bond motifs is 3. The Hall–Kier alpha value is -2.47. The topological polar surface area (TPSA) is 63.4 Å². The van der Waals surface area contributed by atoms with Crippen LogP contribution in [0.15, 0.2) is 30.7 Å². The minimum Gasteiger partial charge on any atom is -0.336 e. The van der Waals surface area contributed by atoms with Crippen molar-refractivity contribution in [2.75, 3.05) is 13.1 Å². The van der Waals surface area contributed by atoms with Gasteiger partial charge >= 0.3 is 0 Å². The molecule has 1 saturated heterocycles. The summed E-state index contributed by atoms with van der Waals surface area (Å²) >= 11 is 6.04. The minimum absolute atomic E-state index is 0.0203. The number of hydrogen-bond acceptors (Lipinski definition) is 4. The van der Waals surface area contributed by atoms with Gasteiger partial charge in [0.2, 0.25) is 0 Å². The molecule has 3 aromatic heterocycles. The highest BCUT2D eigenvalue weighted by molar-refractivity contribution is 6.30. The molecule has 1 unspecified atom stereocenters. The number of carbonyl (C=O) groups excluding carboxylic acids is 1. The third-order valence-electron chi connectivity index (χ3n) is 5.86. The van der Waals surface area contributed by atoms with Crippen molar-refractivity contribution >= 4 is 23.2 Å². The lowest BCUT2D eigenvalue weighted by molar-refractivity contribution is 0.0628. The van der Waals surface area contributed by atoms with Gasteiger partial charge in [-0.3, -0.25) is 4.79 Å². The van der Waals surface area contributed by atoms with Crippen LogP contribution in [0, 0.1) is 6.92 Å². The van der Waals surface area contributed by atoms with Crippen molar-refractivity contribution in [3.63, 3.8) is 0 Å². The summed E-state index contributed by atoms with van der Waals surface area (Å²) in [6.07, 6.45) is 9.56. The van der Waals surface area contributed by atoms with E-state index >= 15 is 0 Å². The molecular formula is C20H20ClN5O. The highest BCUT2D eigenvalue weighted by atomic mass is 35.5. The van der Waals surface area contributed by atoms with Crippen LogP contribution in [0.3, 0.4) is 0 Å². The summed E-state index contributed by atoms with van der Waals surface area (Å²) in [5.41, 5.74) is 3.53. The van der Waals surface area contributed by atoms with Gasteiger partial charge in [0.15, 0.2) is 0 Å². The van der Waals surface area contributed by atoms with E-state index in [0.29, 0.717) is 17.3 Å². The Labute approximate surface area is 162 Å². The van der Waals surface area contributed by atoms with E-state index in [2.05, 4.69) is 9.97 Å². The van der Waals surface area contributed by atoms with Gasteiger partial charge in [-0.05, 0) is 50.3 Å². The number of rotatable bonds is 1. The van der Waals surface area contributed by atoms with Gasteiger partial charge in [-0.2, -0.15) is 0 Å². The maximum absolute atomic E-state index is 13.2. The van der Waals surface area contributed by atoms with Gasteiger partial charge in [0, 0.05) is 37.1 Å². The van der Waals surface area contributed by atoms with Gasteiger partial charge in [0.25, 0.3) is 5.91 Å². The van der Waals surface area contributed by atoms with E-state index in [0.717, 1.165) is 49.4 Å². The first-order chi connectivity index (χ1) is 13.0. The number of carbonyl (C=O) groups is 1. The summed E-state index contributed by atoms with van der Waals surface area (Å²) in [6, 6.07) is 3.61. The molecule has 1 atom stereocenters. The fraction of sp³-hybridized carbons (Fsp3) is 0.400. The van der Waals surface area contributed by atoms with E-state index in [-0.39, 0.29) is 11.3 Å². The van der Waals surface area contributed by atoms with Crippen LogP contribution in [0.4, 0.5) is 0 Å². The Morgan fingerprint density at radius 3 is 3.00 bits per heavy atom. The molecule has 7 heteroatoms. The maximum Gasteiger partial charge on any atom is 0.274 e. The van der Waals surface area contributed by atoms with Crippen molar-refractivity contribution in [2.24, 2.45) is 0 Å². The SMILES string of the molecule is Cc1ncc2c(n1)C1(CCCN(C(=O)c3cn4cc(Cl)ccc4n3)C1)CC2. The zero-order valence-electron chi connectivity index (χ0n) is 15.2. The molecule has 1 amide bonds. The molecule has 5 rings (SSSR count). The normalized spacial score (nSPS) is 21.8.